The highest BCUT2D eigenvalue weighted by Gasteiger charge is 2.23. The topological polar surface area (TPSA) is 82.1 Å². The predicted octanol–water partition coefficient (Wildman–Crippen LogP) is 2.30. The molecule has 1 aliphatic rings. The lowest BCUT2D eigenvalue weighted by molar-refractivity contribution is -0.729. The van der Waals surface area contributed by atoms with Crippen LogP contribution in [-0.2, 0) is 6.42 Å². The first-order valence-electron chi connectivity index (χ1n) is 5.73. The molecule has 1 aliphatic carbocycles. The summed E-state index contributed by atoms with van der Waals surface area (Å²) < 4.78 is 0. The number of aromatic amines is 1. The number of H-pyrrole nitrogens is 1. The van der Waals surface area contributed by atoms with E-state index in [4.69, 9.17) is 10.9 Å². The van der Waals surface area contributed by atoms with E-state index in [-0.39, 0.29) is 16.7 Å². The van der Waals surface area contributed by atoms with Crippen LogP contribution in [0.2, 0.25) is 0 Å². The van der Waals surface area contributed by atoms with Gasteiger partial charge in [0, 0.05) is 34.8 Å². The van der Waals surface area contributed by atoms with E-state index in [2.05, 4.69) is 4.98 Å². The predicted molar refractivity (Wildman–Crippen MR) is 63.2 cm³/mol. The molecule has 1 heterocycles. The summed E-state index contributed by atoms with van der Waals surface area (Å²) in [7, 11) is 0. The minimum absolute atomic E-state index is 0.0482. The Bertz CT molecular complexity index is 603. The maximum atomic E-state index is 10.9. The monoisotopic (exact) mass is 232 g/mol. The molecule has 0 radical (unpaired) electrons. The van der Waals surface area contributed by atoms with Crippen LogP contribution in [0.1, 0.15) is 30.1 Å². The van der Waals surface area contributed by atoms with Gasteiger partial charge in [-0.25, -0.2) is 5.21 Å². The number of benzene rings is 1. The van der Waals surface area contributed by atoms with Gasteiger partial charge >= 0.3 is 5.69 Å². The normalized spacial score (nSPS) is 19.2. The molecule has 0 amide bonds. The molecule has 0 bridgehead atoms. The summed E-state index contributed by atoms with van der Waals surface area (Å²) in [6.45, 7) is 0. The summed E-state index contributed by atoms with van der Waals surface area (Å²) in [6, 6.07) is 5.14. The summed E-state index contributed by atoms with van der Waals surface area (Å²) in [5.74, 6) is 0. The van der Waals surface area contributed by atoms with Crippen molar-refractivity contribution in [2.24, 2.45) is 5.73 Å². The van der Waals surface area contributed by atoms with Crippen LogP contribution in [0.15, 0.2) is 18.2 Å². The van der Waals surface area contributed by atoms with E-state index in [1.54, 1.807) is 18.2 Å². The van der Waals surface area contributed by atoms with Gasteiger partial charge in [0.15, 0.2) is 0 Å². The lowest BCUT2D eigenvalue weighted by Gasteiger charge is -2.18. The Morgan fingerprint density at radius 1 is 1.47 bits per heavy atom. The molecule has 1 aromatic carbocycles. The van der Waals surface area contributed by atoms with Crippen molar-refractivity contribution in [3.8, 4) is 0 Å². The number of nitrogens with two attached hydrogens (primary N) is 1. The van der Waals surface area contributed by atoms with Crippen LogP contribution < -0.4 is 5.73 Å². The molecule has 2 aromatic rings. The number of hydrogen-bond donors (Lipinski definition) is 3. The van der Waals surface area contributed by atoms with Gasteiger partial charge in [0.2, 0.25) is 0 Å². The zero-order valence-corrected chi connectivity index (χ0v) is 9.31. The van der Waals surface area contributed by atoms with E-state index >= 15 is 0 Å². The highest BCUT2D eigenvalue weighted by Crippen LogP contribution is 2.34. The fourth-order valence-corrected chi connectivity index (χ4v) is 2.60. The maximum Gasteiger partial charge on any atom is 0.317 e. The SMILES string of the molecule is NC1CCCc2c1[nH]c1ccc([N+](=O)O)cc21. The standard InChI is InChI=1S/C12H14N3O2/c13-10-3-1-2-8-9-6-7(15(16)17)4-5-11(9)14-12(8)10/h4-6,10,14H,1-3,13H2,(H,16,17)/q+1. The Morgan fingerprint density at radius 3 is 3.06 bits per heavy atom. The van der Waals surface area contributed by atoms with Gasteiger partial charge in [0.25, 0.3) is 4.92 Å². The molecule has 1 atom stereocenters. The van der Waals surface area contributed by atoms with E-state index in [1.807, 2.05) is 0 Å². The van der Waals surface area contributed by atoms with E-state index in [0.29, 0.717) is 0 Å². The molecule has 0 saturated heterocycles. The van der Waals surface area contributed by atoms with Crippen molar-refractivity contribution in [1.82, 2.24) is 4.98 Å². The van der Waals surface area contributed by atoms with Gasteiger partial charge in [-0.3, -0.25) is 0 Å². The lowest BCUT2D eigenvalue weighted by Crippen LogP contribution is -2.16. The summed E-state index contributed by atoms with van der Waals surface area (Å²) in [5, 5.41) is 9.91. The number of aromatic nitrogens is 1. The molecule has 5 heteroatoms. The van der Waals surface area contributed by atoms with Gasteiger partial charge < -0.3 is 10.7 Å². The highest BCUT2D eigenvalue weighted by atomic mass is 16.6. The molecular weight excluding hydrogens is 218 g/mol. The minimum atomic E-state index is -0.110. The average molecular weight is 232 g/mol. The molecule has 5 nitrogen and oxygen atoms in total. The van der Waals surface area contributed by atoms with Crippen molar-refractivity contribution in [2.45, 2.75) is 25.3 Å². The summed E-state index contributed by atoms with van der Waals surface area (Å²) in [5.41, 5.74) is 9.53. The molecule has 0 saturated carbocycles. The third kappa shape index (κ3) is 1.51. The maximum absolute atomic E-state index is 10.9. The van der Waals surface area contributed by atoms with Crippen LogP contribution in [0.5, 0.6) is 0 Å². The van der Waals surface area contributed by atoms with Crippen molar-refractivity contribution in [3.05, 3.63) is 34.4 Å². The van der Waals surface area contributed by atoms with E-state index in [0.717, 1.165) is 35.9 Å². The van der Waals surface area contributed by atoms with Crippen LogP contribution in [0.4, 0.5) is 5.69 Å². The van der Waals surface area contributed by atoms with Crippen molar-refractivity contribution < 1.29 is 10.1 Å². The van der Waals surface area contributed by atoms with E-state index in [1.165, 1.54) is 5.56 Å². The zero-order valence-electron chi connectivity index (χ0n) is 9.31. The highest BCUT2D eigenvalue weighted by molar-refractivity contribution is 5.87. The first-order chi connectivity index (χ1) is 8.16. The Hall–Kier alpha value is -1.88. The first kappa shape index (κ1) is 10.3. The van der Waals surface area contributed by atoms with Gasteiger partial charge in [-0.2, -0.15) is 0 Å². The largest absolute Gasteiger partial charge is 0.357 e. The number of hydrogen-bond acceptors (Lipinski definition) is 2. The van der Waals surface area contributed by atoms with Crippen molar-refractivity contribution in [2.75, 3.05) is 0 Å². The third-order valence-electron chi connectivity index (χ3n) is 3.46. The lowest BCUT2D eigenvalue weighted by atomic mass is 9.92. The third-order valence-corrected chi connectivity index (χ3v) is 3.46. The second-order valence-corrected chi connectivity index (χ2v) is 4.52. The Labute approximate surface area is 97.8 Å². The summed E-state index contributed by atoms with van der Waals surface area (Å²) in [4.78, 5) is 14.1. The van der Waals surface area contributed by atoms with Crippen LogP contribution in [0.3, 0.4) is 0 Å². The fourth-order valence-electron chi connectivity index (χ4n) is 2.60. The number of rotatable bonds is 1. The number of aryl methyl sites for hydroxylation is 1. The van der Waals surface area contributed by atoms with E-state index in [9.17, 15) is 4.91 Å². The Kier molecular flexibility index (Phi) is 2.16. The first-order valence-corrected chi connectivity index (χ1v) is 5.73. The zero-order chi connectivity index (χ0) is 12.0. The second kappa shape index (κ2) is 3.56. The van der Waals surface area contributed by atoms with Gasteiger partial charge in [-0.1, -0.05) is 0 Å². The molecule has 0 aliphatic heterocycles. The molecule has 0 spiro atoms. The quantitative estimate of drug-likeness (QED) is 0.660. The van der Waals surface area contributed by atoms with Gasteiger partial charge in [0.05, 0.1) is 4.91 Å². The number of fused-ring (bicyclic) bond motifs is 3. The Balaban J connectivity index is 2.25. The van der Waals surface area contributed by atoms with Crippen molar-refractivity contribution in [1.29, 1.82) is 0 Å². The van der Waals surface area contributed by atoms with Crippen molar-refractivity contribution >= 4 is 16.6 Å². The summed E-state index contributed by atoms with van der Waals surface area (Å²) in [6.07, 6.45) is 3.02. The van der Waals surface area contributed by atoms with Crippen LogP contribution in [0, 0.1) is 4.91 Å². The number of nitrogens with one attached hydrogen (secondary N) is 1. The van der Waals surface area contributed by atoms with Crippen LogP contribution in [-0.4, -0.2) is 15.1 Å². The fraction of sp³-hybridized carbons (Fsp3) is 0.333. The smallest absolute Gasteiger partial charge is 0.317 e. The molecule has 0 fully saturated rings. The van der Waals surface area contributed by atoms with Gasteiger partial charge in [-0.15, -0.1) is 0 Å². The molecule has 1 unspecified atom stereocenters. The van der Waals surface area contributed by atoms with E-state index < -0.39 is 0 Å². The second-order valence-electron chi connectivity index (χ2n) is 4.52. The Morgan fingerprint density at radius 2 is 2.29 bits per heavy atom. The molecular formula is C12H14N3O2+. The molecule has 4 N–H and O–H groups in total. The van der Waals surface area contributed by atoms with Gasteiger partial charge in [0.1, 0.15) is 0 Å². The number of nitrogens with zero attached hydrogens (tertiary/aromatic N) is 1. The van der Waals surface area contributed by atoms with Crippen LogP contribution in [0.25, 0.3) is 10.9 Å². The molecule has 88 valence electrons. The average Bonchev–Trinajstić information content (AvgIpc) is 2.68. The minimum Gasteiger partial charge on any atom is -0.357 e. The van der Waals surface area contributed by atoms with Gasteiger partial charge in [-0.05, 0) is 30.9 Å². The molecule has 1 aromatic heterocycles. The van der Waals surface area contributed by atoms with Crippen molar-refractivity contribution in [3.63, 3.8) is 0 Å². The molecule has 17 heavy (non-hydrogen) atoms. The summed E-state index contributed by atoms with van der Waals surface area (Å²) >= 11 is 0. The molecule has 3 rings (SSSR count). The van der Waals surface area contributed by atoms with Crippen LogP contribution >= 0.6 is 0 Å².